The number of halogens is 1. The van der Waals surface area contributed by atoms with E-state index in [2.05, 4.69) is 20.9 Å². The molecule has 10 heteroatoms. The van der Waals surface area contributed by atoms with E-state index < -0.39 is 9.85 Å². The van der Waals surface area contributed by atoms with Gasteiger partial charge in [0, 0.05) is 40.8 Å². The van der Waals surface area contributed by atoms with Crippen LogP contribution in [0.1, 0.15) is 15.4 Å². The second kappa shape index (κ2) is 9.81. The number of Topliss-reactive ketones (excluding diaryl/α,β-unsaturated/α-hetero) is 1. The molecule has 0 aliphatic carbocycles. The maximum absolute atomic E-state index is 11.1. The number of rotatable bonds is 5. The van der Waals surface area contributed by atoms with Gasteiger partial charge < -0.3 is 0 Å². The van der Waals surface area contributed by atoms with Crippen molar-refractivity contribution in [3.63, 3.8) is 0 Å². The molecule has 0 radical (unpaired) electrons. The molecular weight excluding hydrogens is 450 g/mol. The van der Waals surface area contributed by atoms with Crippen LogP contribution >= 0.6 is 27.3 Å². The Morgan fingerprint density at radius 3 is 1.89 bits per heavy atom. The van der Waals surface area contributed by atoms with E-state index >= 15 is 0 Å². The Balaban J connectivity index is 0.000000203. The largest absolute Gasteiger partial charge is 0.293 e. The van der Waals surface area contributed by atoms with Gasteiger partial charge in [-0.1, -0.05) is 15.9 Å². The van der Waals surface area contributed by atoms with Gasteiger partial charge in [0.05, 0.1) is 25.9 Å². The summed E-state index contributed by atoms with van der Waals surface area (Å²) in [5.74, 6) is -0.0881. The number of aryl methyl sites for hydroxylation is 1. The summed E-state index contributed by atoms with van der Waals surface area (Å²) in [4.78, 5) is 35.2. The average Bonchev–Trinajstić information content (AvgIpc) is 3.14. The molecule has 3 rings (SSSR count). The predicted molar refractivity (Wildman–Crippen MR) is 110 cm³/mol. The zero-order valence-corrected chi connectivity index (χ0v) is 17.0. The lowest BCUT2D eigenvalue weighted by Crippen LogP contribution is -1.99. The fourth-order valence-electron chi connectivity index (χ4n) is 2.10. The third-order valence-corrected chi connectivity index (χ3v) is 4.80. The molecule has 28 heavy (non-hydrogen) atoms. The molecule has 0 N–H and O–H groups in total. The lowest BCUT2D eigenvalue weighted by atomic mass is 10.1. The Hall–Kier alpha value is -2.98. The fourth-order valence-corrected chi connectivity index (χ4v) is 3.04. The second-order valence-corrected chi connectivity index (χ2v) is 7.04. The molecule has 0 saturated heterocycles. The molecule has 0 bridgehead atoms. The lowest BCUT2D eigenvalue weighted by Gasteiger charge is -1.95. The summed E-state index contributed by atoms with van der Waals surface area (Å²) in [6.07, 6.45) is 0. The Morgan fingerprint density at radius 1 is 1.00 bits per heavy atom. The standard InChI is InChI=1S/C10H8N2O2S.C8H6BrNO3/c1-7-11-10(6-15-7)8-2-4-9(5-3-8)12(13)14;9-5-8(11)6-1-3-7(4-2-6)10(12)13/h2-6H,1H3;1-4H,5H2. The van der Waals surface area contributed by atoms with Crippen LogP contribution in [0.2, 0.25) is 0 Å². The van der Waals surface area contributed by atoms with E-state index in [0.29, 0.717) is 5.56 Å². The minimum absolute atomic E-state index is 0.00822. The molecule has 0 fully saturated rings. The van der Waals surface area contributed by atoms with Gasteiger partial charge in [-0.3, -0.25) is 25.0 Å². The molecule has 8 nitrogen and oxygen atoms in total. The molecule has 0 aliphatic heterocycles. The number of thiazole rings is 1. The number of nitro benzene ring substituents is 2. The van der Waals surface area contributed by atoms with Crippen molar-refractivity contribution in [2.75, 3.05) is 5.33 Å². The third kappa shape index (κ3) is 5.76. The van der Waals surface area contributed by atoms with Crippen LogP contribution in [0.3, 0.4) is 0 Å². The first-order chi connectivity index (χ1) is 13.3. The Bertz CT molecular complexity index is 987. The van der Waals surface area contributed by atoms with Crippen LogP contribution < -0.4 is 0 Å². The Kier molecular flexibility index (Phi) is 7.47. The predicted octanol–water partition coefficient (Wildman–Crippen LogP) is 5.20. The average molecular weight is 464 g/mol. The van der Waals surface area contributed by atoms with Gasteiger partial charge in [-0.15, -0.1) is 11.3 Å². The van der Waals surface area contributed by atoms with Crippen molar-refractivity contribution in [1.29, 1.82) is 0 Å². The van der Waals surface area contributed by atoms with E-state index in [-0.39, 0.29) is 22.5 Å². The van der Waals surface area contributed by atoms with Gasteiger partial charge in [0.15, 0.2) is 5.78 Å². The number of alkyl halides is 1. The van der Waals surface area contributed by atoms with Crippen molar-refractivity contribution in [1.82, 2.24) is 4.98 Å². The highest BCUT2D eigenvalue weighted by Gasteiger charge is 2.08. The van der Waals surface area contributed by atoms with E-state index in [1.165, 1.54) is 36.4 Å². The smallest absolute Gasteiger partial charge is 0.269 e. The van der Waals surface area contributed by atoms with E-state index in [9.17, 15) is 25.0 Å². The van der Waals surface area contributed by atoms with E-state index in [4.69, 9.17) is 0 Å². The van der Waals surface area contributed by atoms with Gasteiger partial charge in [-0.2, -0.15) is 0 Å². The molecule has 144 valence electrons. The Morgan fingerprint density at radius 2 is 1.50 bits per heavy atom. The van der Waals surface area contributed by atoms with Crippen LogP contribution in [-0.4, -0.2) is 25.9 Å². The molecule has 2 aromatic carbocycles. The summed E-state index contributed by atoms with van der Waals surface area (Å²) in [7, 11) is 0. The zero-order valence-electron chi connectivity index (χ0n) is 14.6. The monoisotopic (exact) mass is 463 g/mol. The van der Waals surface area contributed by atoms with Crippen LogP contribution in [0.15, 0.2) is 53.9 Å². The first-order valence-corrected chi connectivity index (χ1v) is 9.82. The highest BCUT2D eigenvalue weighted by molar-refractivity contribution is 9.09. The number of hydrogen-bond acceptors (Lipinski definition) is 7. The van der Waals surface area contributed by atoms with Crippen LogP contribution in [-0.2, 0) is 0 Å². The fraction of sp³-hybridized carbons (Fsp3) is 0.111. The first kappa shape index (κ1) is 21.3. The minimum atomic E-state index is -0.498. The summed E-state index contributed by atoms with van der Waals surface area (Å²) in [5.41, 5.74) is 2.34. The summed E-state index contributed by atoms with van der Waals surface area (Å²) >= 11 is 4.58. The van der Waals surface area contributed by atoms with Crippen molar-refractivity contribution in [3.8, 4) is 11.3 Å². The van der Waals surface area contributed by atoms with Crippen molar-refractivity contribution in [2.45, 2.75) is 6.92 Å². The Labute approximate surface area is 172 Å². The van der Waals surface area contributed by atoms with Crippen LogP contribution in [0.25, 0.3) is 11.3 Å². The molecule has 3 aromatic rings. The van der Waals surface area contributed by atoms with Gasteiger partial charge >= 0.3 is 0 Å². The third-order valence-electron chi connectivity index (χ3n) is 3.51. The number of carbonyl (C=O) groups is 1. The van der Waals surface area contributed by atoms with Gasteiger partial charge in [0.2, 0.25) is 0 Å². The molecule has 1 heterocycles. The highest BCUT2D eigenvalue weighted by Crippen LogP contribution is 2.23. The minimum Gasteiger partial charge on any atom is -0.293 e. The molecule has 0 saturated carbocycles. The normalized spacial score (nSPS) is 9.93. The number of non-ortho nitro benzene ring substituents is 2. The van der Waals surface area contributed by atoms with E-state index in [1.807, 2.05) is 12.3 Å². The molecule has 0 unspecified atom stereocenters. The van der Waals surface area contributed by atoms with Gasteiger partial charge in [0.25, 0.3) is 11.4 Å². The number of hydrogen-bond donors (Lipinski definition) is 0. The maximum atomic E-state index is 11.1. The summed E-state index contributed by atoms with van der Waals surface area (Å²) in [6.45, 7) is 1.93. The van der Waals surface area contributed by atoms with Crippen LogP contribution in [0.4, 0.5) is 11.4 Å². The molecule has 0 spiro atoms. The quantitative estimate of drug-likeness (QED) is 0.222. The number of ketones is 1. The summed E-state index contributed by atoms with van der Waals surface area (Å²) in [5, 5.41) is 23.9. The summed E-state index contributed by atoms with van der Waals surface area (Å²) in [6, 6.07) is 11.9. The van der Waals surface area contributed by atoms with Gasteiger partial charge in [-0.25, -0.2) is 4.98 Å². The topological polar surface area (TPSA) is 116 Å². The van der Waals surface area contributed by atoms with Crippen LogP contribution in [0, 0.1) is 27.2 Å². The molecule has 1 aromatic heterocycles. The lowest BCUT2D eigenvalue weighted by molar-refractivity contribution is -0.385. The first-order valence-electron chi connectivity index (χ1n) is 7.82. The summed E-state index contributed by atoms with van der Waals surface area (Å²) < 4.78 is 0. The number of nitrogens with zero attached hydrogens (tertiary/aromatic N) is 3. The van der Waals surface area contributed by atoms with Crippen molar-refractivity contribution >= 4 is 44.4 Å². The molecule has 0 atom stereocenters. The van der Waals surface area contributed by atoms with Crippen molar-refractivity contribution in [3.05, 3.63) is 84.7 Å². The number of benzene rings is 2. The van der Waals surface area contributed by atoms with E-state index in [1.54, 1.807) is 23.5 Å². The molecular formula is C18H14BrN3O5S. The van der Waals surface area contributed by atoms with Crippen molar-refractivity contribution in [2.24, 2.45) is 0 Å². The number of aromatic nitrogens is 1. The highest BCUT2D eigenvalue weighted by atomic mass is 79.9. The molecule has 0 amide bonds. The van der Waals surface area contributed by atoms with Crippen LogP contribution in [0.5, 0.6) is 0 Å². The maximum Gasteiger partial charge on any atom is 0.269 e. The van der Waals surface area contributed by atoms with E-state index in [0.717, 1.165) is 16.3 Å². The zero-order chi connectivity index (χ0) is 20.7. The number of nitro groups is 2. The van der Waals surface area contributed by atoms with Gasteiger partial charge in [-0.05, 0) is 31.2 Å². The number of carbonyl (C=O) groups excluding carboxylic acids is 1. The second-order valence-electron chi connectivity index (χ2n) is 5.42. The molecule has 0 aliphatic rings. The SMILES string of the molecule is Cc1nc(-c2ccc([N+](=O)[O-])cc2)cs1.O=C(CBr)c1ccc([N+](=O)[O-])cc1. The van der Waals surface area contributed by atoms with Gasteiger partial charge in [0.1, 0.15) is 0 Å². The van der Waals surface area contributed by atoms with Crippen molar-refractivity contribution < 1.29 is 14.6 Å².